The molecular weight excluding hydrogens is 252 g/mol. The summed E-state index contributed by atoms with van der Waals surface area (Å²) in [7, 11) is 0. The topological polar surface area (TPSA) is 55.2 Å². The molecule has 0 bridgehead atoms. The number of rotatable bonds is 9. The molecule has 4 nitrogen and oxygen atoms in total. The zero-order valence-corrected chi connectivity index (χ0v) is 12.8. The monoisotopic (exact) mass is 278 g/mol. The largest absolute Gasteiger partial charge is 0.314 e. The van der Waals surface area contributed by atoms with E-state index in [-0.39, 0.29) is 10.6 Å². The molecule has 0 spiro atoms. The van der Waals surface area contributed by atoms with Crippen LogP contribution >= 0.6 is 0 Å². The molecule has 1 aromatic rings. The number of nitro benzene ring substituents is 1. The van der Waals surface area contributed by atoms with Gasteiger partial charge in [0.15, 0.2) is 0 Å². The van der Waals surface area contributed by atoms with Gasteiger partial charge >= 0.3 is 0 Å². The average Bonchev–Trinajstić information content (AvgIpc) is 2.42. The Kier molecular flexibility index (Phi) is 7.23. The van der Waals surface area contributed by atoms with Crippen LogP contribution in [-0.4, -0.2) is 17.5 Å². The lowest BCUT2D eigenvalue weighted by atomic mass is 9.96. The van der Waals surface area contributed by atoms with Gasteiger partial charge in [-0.1, -0.05) is 32.9 Å². The Hall–Kier alpha value is -1.42. The van der Waals surface area contributed by atoms with Crippen molar-refractivity contribution in [1.82, 2.24) is 5.32 Å². The van der Waals surface area contributed by atoms with Gasteiger partial charge in [-0.25, -0.2) is 0 Å². The molecule has 0 aliphatic rings. The van der Waals surface area contributed by atoms with E-state index in [1.807, 2.05) is 12.1 Å². The second kappa shape index (κ2) is 8.69. The van der Waals surface area contributed by atoms with Crippen molar-refractivity contribution in [1.29, 1.82) is 0 Å². The van der Waals surface area contributed by atoms with Gasteiger partial charge in [-0.15, -0.1) is 0 Å². The molecule has 0 aromatic heterocycles. The molecule has 0 fully saturated rings. The van der Waals surface area contributed by atoms with Crippen LogP contribution in [0.1, 0.15) is 45.6 Å². The summed E-state index contributed by atoms with van der Waals surface area (Å²) in [5.41, 5.74) is 1.34. The van der Waals surface area contributed by atoms with E-state index in [4.69, 9.17) is 0 Å². The summed E-state index contributed by atoms with van der Waals surface area (Å²) in [4.78, 5) is 10.2. The van der Waals surface area contributed by atoms with Gasteiger partial charge in [-0.2, -0.15) is 0 Å². The van der Waals surface area contributed by atoms with Crippen LogP contribution in [0.15, 0.2) is 24.3 Å². The van der Waals surface area contributed by atoms with E-state index in [0.717, 1.165) is 32.2 Å². The van der Waals surface area contributed by atoms with Crippen LogP contribution in [0.2, 0.25) is 0 Å². The van der Waals surface area contributed by atoms with Gasteiger partial charge in [-0.3, -0.25) is 10.1 Å². The predicted molar refractivity (Wildman–Crippen MR) is 83.0 cm³/mol. The van der Waals surface area contributed by atoms with Crippen LogP contribution in [0.4, 0.5) is 5.69 Å². The van der Waals surface area contributed by atoms with Crippen LogP contribution < -0.4 is 5.32 Å². The molecule has 0 aliphatic heterocycles. The third-order valence-electron chi connectivity index (χ3n) is 3.59. The fourth-order valence-electron chi connectivity index (χ4n) is 2.31. The summed E-state index contributed by atoms with van der Waals surface area (Å²) in [6, 6.07) is 7.46. The van der Waals surface area contributed by atoms with Gasteiger partial charge in [-0.05, 0) is 43.7 Å². The molecule has 1 aromatic carbocycles. The number of benzene rings is 1. The van der Waals surface area contributed by atoms with Crippen molar-refractivity contribution < 1.29 is 4.92 Å². The van der Waals surface area contributed by atoms with Crippen molar-refractivity contribution in [3.05, 3.63) is 39.9 Å². The zero-order chi connectivity index (χ0) is 15.0. The fourth-order valence-corrected chi connectivity index (χ4v) is 2.31. The van der Waals surface area contributed by atoms with Crippen LogP contribution in [0.5, 0.6) is 0 Å². The molecule has 0 heterocycles. The predicted octanol–water partition coefficient (Wildman–Crippen LogP) is 3.94. The Bertz CT molecular complexity index is 401. The fraction of sp³-hybridized carbons (Fsp3) is 0.625. The van der Waals surface area contributed by atoms with E-state index in [1.54, 1.807) is 12.1 Å². The molecule has 1 atom stereocenters. The van der Waals surface area contributed by atoms with Crippen molar-refractivity contribution in [2.24, 2.45) is 5.92 Å². The molecule has 0 saturated carbocycles. The highest BCUT2D eigenvalue weighted by Crippen LogP contribution is 2.15. The van der Waals surface area contributed by atoms with Crippen LogP contribution in [-0.2, 0) is 6.42 Å². The molecule has 0 aliphatic carbocycles. The number of nitrogens with one attached hydrogen (secondary N) is 1. The van der Waals surface area contributed by atoms with Crippen LogP contribution in [0.3, 0.4) is 0 Å². The number of nitrogens with zero attached hydrogens (tertiary/aromatic N) is 1. The normalized spacial score (nSPS) is 12.6. The second-order valence-corrected chi connectivity index (χ2v) is 5.62. The SMILES string of the molecule is CCCNC(CCCc1ccc([N+](=O)[O-])cc1)C(C)C. The number of hydrogen-bond acceptors (Lipinski definition) is 3. The first-order chi connectivity index (χ1) is 9.54. The van der Waals surface area contributed by atoms with E-state index in [1.165, 1.54) is 5.56 Å². The number of nitro groups is 1. The average molecular weight is 278 g/mol. The molecule has 0 amide bonds. The minimum atomic E-state index is -0.354. The lowest BCUT2D eigenvalue weighted by Crippen LogP contribution is -2.34. The van der Waals surface area contributed by atoms with E-state index in [9.17, 15) is 10.1 Å². The molecule has 4 heteroatoms. The lowest BCUT2D eigenvalue weighted by molar-refractivity contribution is -0.384. The maximum atomic E-state index is 10.6. The number of aryl methyl sites for hydroxylation is 1. The molecule has 112 valence electrons. The van der Waals surface area contributed by atoms with E-state index in [0.29, 0.717) is 12.0 Å². The van der Waals surface area contributed by atoms with Gasteiger partial charge in [0.25, 0.3) is 5.69 Å². The summed E-state index contributed by atoms with van der Waals surface area (Å²) in [6.45, 7) is 7.75. The highest BCUT2D eigenvalue weighted by atomic mass is 16.6. The molecule has 0 saturated heterocycles. The smallest absolute Gasteiger partial charge is 0.269 e. The highest BCUT2D eigenvalue weighted by molar-refractivity contribution is 5.32. The van der Waals surface area contributed by atoms with Gasteiger partial charge in [0.2, 0.25) is 0 Å². The van der Waals surface area contributed by atoms with Gasteiger partial charge in [0.1, 0.15) is 0 Å². The Labute approximate surface area is 121 Å². The number of non-ortho nitro benzene ring substituents is 1. The Morgan fingerprint density at radius 2 is 1.90 bits per heavy atom. The summed E-state index contributed by atoms with van der Waals surface area (Å²) in [6.07, 6.45) is 4.40. The van der Waals surface area contributed by atoms with Gasteiger partial charge in [0.05, 0.1) is 4.92 Å². The number of hydrogen-bond donors (Lipinski definition) is 1. The second-order valence-electron chi connectivity index (χ2n) is 5.62. The third kappa shape index (κ3) is 5.70. The first-order valence-electron chi connectivity index (χ1n) is 7.51. The molecule has 1 unspecified atom stereocenters. The summed E-state index contributed by atoms with van der Waals surface area (Å²) >= 11 is 0. The van der Waals surface area contributed by atoms with Crippen molar-refractivity contribution in [2.45, 2.75) is 52.5 Å². The molecule has 1 N–H and O–H groups in total. The third-order valence-corrected chi connectivity index (χ3v) is 3.59. The summed E-state index contributed by atoms with van der Waals surface area (Å²) in [5, 5.41) is 14.2. The van der Waals surface area contributed by atoms with Crippen molar-refractivity contribution >= 4 is 5.69 Å². The molecule has 1 rings (SSSR count). The van der Waals surface area contributed by atoms with Gasteiger partial charge in [0, 0.05) is 18.2 Å². The van der Waals surface area contributed by atoms with Crippen LogP contribution in [0, 0.1) is 16.0 Å². The van der Waals surface area contributed by atoms with Crippen molar-refractivity contribution in [3.8, 4) is 0 Å². The maximum absolute atomic E-state index is 10.6. The van der Waals surface area contributed by atoms with Gasteiger partial charge < -0.3 is 5.32 Å². The minimum Gasteiger partial charge on any atom is -0.314 e. The van der Waals surface area contributed by atoms with E-state index >= 15 is 0 Å². The Morgan fingerprint density at radius 1 is 1.25 bits per heavy atom. The minimum absolute atomic E-state index is 0.165. The summed E-state index contributed by atoms with van der Waals surface area (Å²) < 4.78 is 0. The van der Waals surface area contributed by atoms with Crippen LogP contribution in [0.25, 0.3) is 0 Å². The van der Waals surface area contributed by atoms with E-state index in [2.05, 4.69) is 26.1 Å². The Morgan fingerprint density at radius 3 is 2.40 bits per heavy atom. The highest BCUT2D eigenvalue weighted by Gasteiger charge is 2.12. The quantitative estimate of drug-likeness (QED) is 0.550. The molecular formula is C16H26N2O2. The maximum Gasteiger partial charge on any atom is 0.269 e. The summed E-state index contributed by atoms with van der Waals surface area (Å²) in [5.74, 6) is 0.637. The zero-order valence-electron chi connectivity index (χ0n) is 12.8. The lowest BCUT2D eigenvalue weighted by Gasteiger charge is -2.22. The standard InChI is InChI=1S/C16H26N2O2/c1-4-12-17-16(13(2)3)7-5-6-14-8-10-15(11-9-14)18(19)20/h8-11,13,16-17H,4-7,12H2,1-3H3. The molecule has 20 heavy (non-hydrogen) atoms. The van der Waals surface area contributed by atoms with Crippen molar-refractivity contribution in [3.63, 3.8) is 0 Å². The Balaban J connectivity index is 2.40. The first kappa shape index (κ1) is 16.6. The first-order valence-corrected chi connectivity index (χ1v) is 7.51. The van der Waals surface area contributed by atoms with Crippen molar-refractivity contribution in [2.75, 3.05) is 6.54 Å². The van der Waals surface area contributed by atoms with E-state index < -0.39 is 0 Å². The molecule has 0 radical (unpaired) electrons.